The van der Waals surface area contributed by atoms with Gasteiger partial charge in [0, 0.05) is 0 Å². The summed E-state index contributed by atoms with van der Waals surface area (Å²) in [6, 6.07) is 0. The van der Waals surface area contributed by atoms with Crippen LogP contribution < -0.4 is 0 Å². The Morgan fingerprint density at radius 1 is 0.333 bits per heavy atom. The summed E-state index contributed by atoms with van der Waals surface area (Å²) >= 11 is 0. The van der Waals surface area contributed by atoms with Gasteiger partial charge in [-0.3, -0.25) is 0 Å². The molecule has 0 aliphatic heterocycles. The molecule has 18 heavy (non-hydrogen) atoms. The molecular formula is C18H52. The maximum Gasteiger partial charge on any atom is -0.0411 e. The van der Waals surface area contributed by atoms with Gasteiger partial charge in [0.25, 0.3) is 0 Å². The first-order chi connectivity index (χ1) is 6.00. The van der Waals surface area contributed by atoms with E-state index in [0.29, 0.717) is 10.8 Å². The molecule has 0 heterocycles. The van der Waals surface area contributed by atoms with E-state index in [2.05, 4.69) is 55.4 Å². The van der Waals surface area contributed by atoms with E-state index in [1.165, 1.54) is 0 Å². The smallest absolute Gasteiger partial charge is 0.0411 e. The van der Waals surface area contributed by atoms with E-state index in [9.17, 15) is 0 Å². The molecule has 0 radical (unpaired) electrons. The predicted molar refractivity (Wildman–Crippen MR) is 99.9 cm³/mol. The van der Waals surface area contributed by atoms with E-state index in [-0.39, 0.29) is 29.7 Å². The Hall–Kier alpha value is 0. The fourth-order valence-corrected chi connectivity index (χ4v) is 0. The second-order valence-corrected chi connectivity index (χ2v) is 6.00. The van der Waals surface area contributed by atoms with Crippen LogP contribution in [0.3, 0.4) is 0 Å². The molecule has 0 unspecified atom stereocenters. The van der Waals surface area contributed by atoms with Crippen molar-refractivity contribution in [3.8, 4) is 0 Å². The summed E-state index contributed by atoms with van der Waals surface area (Å²) in [5, 5.41) is 0. The maximum atomic E-state index is 2.19. The highest BCUT2D eigenvalue weighted by Crippen LogP contribution is 2.08. The molecule has 0 heteroatoms. The van der Waals surface area contributed by atoms with Gasteiger partial charge in [-0.05, 0) is 10.8 Å². The number of hydrogen-bond donors (Lipinski definition) is 0. The summed E-state index contributed by atoms with van der Waals surface area (Å²) in [6.07, 6.45) is 0. The molecule has 0 nitrogen and oxygen atoms in total. The lowest BCUT2D eigenvalue weighted by atomic mass is 10.0. The Morgan fingerprint density at radius 2 is 0.333 bits per heavy atom. The minimum absolute atomic E-state index is 0. The van der Waals surface area contributed by atoms with E-state index < -0.39 is 0 Å². The highest BCUT2D eigenvalue weighted by molar-refractivity contribution is 4.47. The van der Waals surface area contributed by atoms with Crippen molar-refractivity contribution in [1.82, 2.24) is 0 Å². The van der Waals surface area contributed by atoms with Crippen LogP contribution in [0, 0.1) is 10.8 Å². The van der Waals surface area contributed by atoms with E-state index in [0.717, 1.165) is 0 Å². The quantitative estimate of drug-likeness (QED) is 0.412. The van der Waals surface area contributed by atoms with Crippen molar-refractivity contribution >= 4 is 0 Å². The third kappa shape index (κ3) is 0. The van der Waals surface area contributed by atoms with Crippen molar-refractivity contribution in [3.05, 3.63) is 0 Å². The fourth-order valence-electron chi connectivity index (χ4n) is 0. The SMILES string of the molecule is C.C.C.C.CC.CC.CC(C)(C)C.CC(C)(C)C. The van der Waals surface area contributed by atoms with Crippen molar-refractivity contribution in [2.75, 3.05) is 0 Å². The third-order valence-corrected chi connectivity index (χ3v) is 0. The fraction of sp³-hybridized carbons (Fsp3) is 1.00. The molecule has 0 rings (SSSR count). The summed E-state index contributed by atoms with van der Waals surface area (Å²) in [4.78, 5) is 0. The number of rotatable bonds is 0. The zero-order valence-electron chi connectivity index (χ0n) is 13.0. The van der Waals surface area contributed by atoms with Gasteiger partial charge in [0.2, 0.25) is 0 Å². The lowest BCUT2D eigenvalue weighted by molar-refractivity contribution is 0.469. The molecule has 0 fully saturated rings. The molecule has 0 N–H and O–H groups in total. The molecule has 0 saturated heterocycles. The van der Waals surface area contributed by atoms with E-state index in [1.54, 1.807) is 0 Å². The van der Waals surface area contributed by atoms with Crippen LogP contribution in [0.25, 0.3) is 0 Å². The van der Waals surface area contributed by atoms with Gasteiger partial charge in [0.05, 0.1) is 0 Å². The Labute approximate surface area is 124 Å². The molecule has 0 saturated carbocycles. The second kappa shape index (κ2) is 30.2. The van der Waals surface area contributed by atoms with Gasteiger partial charge in [-0.2, -0.15) is 0 Å². The van der Waals surface area contributed by atoms with Gasteiger partial charge in [0.1, 0.15) is 0 Å². The normalized spacial score (nSPS) is 7.33. The second-order valence-electron chi connectivity index (χ2n) is 6.00. The molecule has 0 bridgehead atoms. The summed E-state index contributed by atoms with van der Waals surface area (Å²) < 4.78 is 0. The zero-order chi connectivity index (χ0) is 13.0. The van der Waals surface area contributed by atoms with Crippen LogP contribution in [-0.4, -0.2) is 0 Å². The topological polar surface area (TPSA) is 0 Å². The van der Waals surface area contributed by atoms with E-state index >= 15 is 0 Å². The standard InChI is InChI=1S/2C5H12.2C2H6.4CH4/c2*1-5(2,3)4;2*1-2;;;;/h2*1-4H3;2*1-2H3;4*1H4. The molecule has 124 valence electrons. The van der Waals surface area contributed by atoms with Crippen LogP contribution in [0.15, 0.2) is 0 Å². The third-order valence-electron chi connectivity index (χ3n) is 0. The Kier molecular flexibility index (Phi) is 87.3. The van der Waals surface area contributed by atoms with Gasteiger partial charge in [-0.25, -0.2) is 0 Å². The van der Waals surface area contributed by atoms with Crippen molar-refractivity contribution < 1.29 is 0 Å². The lowest BCUT2D eigenvalue weighted by Crippen LogP contribution is -1.93. The van der Waals surface area contributed by atoms with Crippen LogP contribution in [0.1, 0.15) is 113 Å². The maximum absolute atomic E-state index is 2.19. The van der Waals surface area contributed by atoms with Gasteiger partial charge >= 0.3 is 0 Å². The largest absolute Gasteiger partial charge is 0.0776 e. The summed E-state index contributed by atoms with van der Waals surface area (Å²) in [6.45, 7) is 25.5. The average Bonchev–Trinajstić information content (AvgIpc) is 1.88. The molecule has 0 spiro atoms. The summed E-state index contributed by atoms with van der Waals surface area (Å²) in [7, 11) is 0. The van der Waals surface area contributed by atoms with Gasteiger partial charge in [0.15, 0.2) is 0 Å². The average molecular weight is 269 g/mol. The van der Waals surface area contributed by atoms with Crippen LogP contribution in [0.4, 0.5) is 0 Å². The predicted octanol–water partition coefficient (Wildman–Crippen LogP) is 8.70. The Bertz CT molecular complexity index is 43.0. The van der Waals surface area contributed by atoms with Crippen molar-refractivity contribution in [1.29, 1.82) is 0 Å². The minimum atomic E-state index is 0. The van der Waals surface area contributed by atoms with Crippen LogP contribution in [-0.2, 0) is 0 Å². The van der Waals surface area contributed by atoms with Crippen molar-refractivity contribution in [2.24, 2.45) is 10.8 Å². The molecule has 0 aromatic rings. The first-order valence-corrected chi connectivity index (χ1v) is 6.00. The highest BCUT2D eigenvalue weighted by atomic mass is 14.0. The first kappa shape index (κ1) is 52.0. The molecule has 0 aliphatic rings. The molecular weight excluding hydrogens is 216 g/mol. The van der Waals surface area contributed by atoms with E-state index in [4.69, 9.17) is 0 Å². The number of hydrogen-bond acceptors (Lipinski definition) is 0. The van der Waals surface area contributed by atoms with E-state index in [1.807, 2.05) is 27.7 Å². The van der Waals surface area contributed by atoms with Gasteiger partial charge < -0.3 is 0 Å². The molecule has 0 aromatic carbocycles. The minimum Gasteiger partial charge on any atom is -0.0776 e. The Balaban J connectivity index is -0.0000000123. The van der Waals surface area contributed by atoms with Crippen LogP contribution >= 0.6 is 0 Å². The van der Waals surface area contributed by atoms with Crippen LogP contribution in [0.2, 0.25) is 0 Å². The zero-order valence-corrected chi connectivity index (χ0v) is 13.0. The molecule has 0 atom stereocenters. The monoisotopic (exact) mass is 268 g/mol. The van der Waals surface area contributed by atoms with Gasteiger partial charge in [-0.15, -0.1) is 0 Å². The highest BCUT2D eigenvalue weighted by Gasteiger charge is 1.96. The van der Waals surface area contributed by atoms with Gasteiger partial charge in [-0.1, -0.05) is 113 Å². The van der Waals surface area contributed by atoms with Crippen molar-refractivity contribution in [2.45, 2.75) is 113 Å². The lowest BCUT2D eigenvalue weighted by Gasteiger charge is -2.05. The van der Waals surface area contributed by atoms with Crippen LogP contribution in [0.5, 0.6) is 0 Å². The molecule has 0 aliphatic carbocycles. The first-order valence-electron chi connectivity index (χ1n) is 6.00. The Morgan fingerprint density at radius 3 is 0.333 bits per heavy atom. The molecule has 0 aromatic heterocycles. The summed E-state index contributed by atoms with van der Waals surface area (Å²) in [5.41, 5.74) is 1.00. The molecule has 0 amide bonds. The van der Waals surface area contributed by atoms with Crippen molar-refractivity contribution in [3.63, 3.8) is 0 Å². The summed E-state index contributed by atoms with van der Waals surface area (Å²) in [5.74, 6) is 0.